The van der Waals surface area contributed by atoms with E-state index in [9.17, 15) is 4.79 Å². The van der Waals surface area contributed by atoms with Crippen LogP contribution < -0.4 is 10.1 Å². The lowest BCUT2D eigenvalue weighted by atomic mass is 10.0. The summed E-state index contributed by atoms with van der Waals surface area (Å²) in [7, 11) is 0. The Balaban J connectivity index is 1.47. The number of aryl methyl sites for hydroxylation is 1. The minimum absolute atomic E-state index is 0.164. The fourth-order valence-corrected chi connectivity index (χ4v) is 4.73. The number of amides is 1. The number of ether oxygens (including phenoxy) is 1. The van der Waals surface area contributed by atoms with E-state index in [4.69, 9.17) is 4.74 Å². The molecule has 1 N–H and O–H groups in total. The highest BCUT2D eigenvalue weighted by atomic mass is 79.9. The van der Waals surface area contributed by atoms with E-state index in [-0.39, 0.29) is 5.91 Å². The van der Waals surface area contributed by atoms with E-state index < -0.39 is 0 Å². The summed E-state index contributed by atoms with van der Waals surface area (Å²) < 4.78 is 7.25. The summed E-state index contributed by atoms with van der Waals surface area (Å²) in [5, 5.41) is 5.56. The van der Waals surface area contributed by atoms with Crippen molar-refractivity contribution in [3.63, 3.8) is 0 Å². The molecule has 0 saturated carbocycles. The van der Waals surface area contributed by atoms with Crippen molar-refractivity contribution < 1.29 is 9.53 Å². The Kier molecular flexibility index (Phi) is 6.52. The number of nitrogens with one attached hydrogen (secondary N) is 1. The van der Waals surface area contributed by atoms with Gasteiger partial charge in [-0.2, -0.15) is 0 Å². The van der Waals surface area contributed by atoms with Gasteiger partial charge in [0.25, 0.3) is 5.91 Å². The molecule has 1 fully saturated rings. The molecule has 34 heavy (non-hydrogen) atoms. The molecule has 1 aliphatic heterocycles. The summed E-state index contributed by atoms with van der Waals surface area (Å²) in [5.74, 6) is 0.564. The van der Waals surface area contributed by atoms with Crippen LogP contribution in [0.5, 0.6) is 5.75 Å². The van der Waals surface area contributed by atoms with E-state index in [0.717, 1.165) is 37.8 Å². The molecule has 4 nitrogen and oxygen atoms in total. The minimum Gasteiger partial charge on any atom is -0.488 e. The largest absolute Gasteiger partial charge is 0.488 e. The lowest BCUT2D eigenvalue weighted by Gasteiger charge is -2.13. The number of rotatable bonds is 5. The van der Waals surface area contributed by atoms with Crippen molar-refractivity contribution in [1.82, 2.24) is 5.32 Å². The predicted octanol–water partition coefficient (Wildman–Crippen LogP) is 7.38. The van der Waals surface area contributed by atoms with Gasteiger partial charge in [-0.1, -0.05) is 76.1 Å². The second kappa shape index (κ2) is 9.87. The van der Waals surface area contributed by atoms with E-state index in [0.29, 0.717) is 16.7 Å². The Morgan fingerprint density at radius 1 is 0.971 bits per heavy atom. The highest BCUT2D eigenvalue weighted by Crippen LogP contribution is 2.35. The van der Waals surface area contributed by atoms with Gasteiger partial charge in [0, 0.05) is 10.0 Å². The first kappa shape index (κ1) is 22.4. The van der Waals surface area contributed by atoms with Gasteiger partial charge in [0.15, 0.2) is 5.17 Å². The molecule has 0 aliphatic carbocycles. The number of hydrogen-bond donors (Lipinski definition) is 1. The van der Waals surface area contributed by atoms with Crippen LogP contribution in [0.2, 0.25) is 0 Å². The SMILES string of the molecule is Cc1ccc(N=C2NC(=O)/C(=C/c3c(OCc4ccc(Br)cc4)ccc4ccccc34)S2)cc1. The molecule has 4 aromatic rings. The maximum atomic E-state index is 12.8. The maximum Gasteiger partial charge on any atom is 0.264 e. The molecule has 1 aliphatic rings. The van der Waals surface area contributed by atoms with Gasteiger partial charge in [-0.15, -0.1) is 0 Å². The van der Waals surface area contributed by atoms with Crippen molar-refractivity contribution in [2.24, 2.45) is 4.99 Å². The van der Waals surface area contributed by atoms with Gasteiger partial charge in [-0.25, -0.2) is 4.99 Å². The van der Waals surface area contributed by atoms with Crippen molar-refractivity contribution >= 4 is 61.3 Å². The van der Waals surface area contributed by atoms with Crippen molar-refractivity contribution in [3.8, 4) is 5.75 Å². The molecule has 6 heteroatoms. The average molecular weight is 529 g/mol. The molecular formula is C28H21BrN2O2S. The van der Waals surface area contributed by atoms with Crippen LogP contribution in [0.4, 0.5) is 5.69 Å². The van der Waals surface area contributed by atoms with Gasteiger partial charge < -0.3 is 10.1 Å². The quantitative estimate of drug-likeness (QED) is 0.275. The summed E-state index contributed by atoms with van der Waals surface area (Å²) >= 11 is 4.80. The van der Waals surface area contributed by atoms with Crippen LogP contribution in [0.1, 0.15) is 16.7 Å². The first-order valence-corrected chi connectivity index (χ1v) is 12.4. The molecule has 0 atom stereocenters. The van der Waals surface area contributed by atoms with E-state index >= 15 is 0 Å². The number of fused-ring (bicyclic) bond motifs is 1. The lowest BCUT2D eigenvalue weighted by Crippen LogP contribution is -2.19. The molecule has 0 aromatic heterocycles. The molecule has 4 aromatic carbocycles. The average Bonchev–Trinajstić information content (AvgIpc) is 3.19. The zero-order valence-electron chi connectivity index (χ0n) is 18.4. The molecule has 1 saturated heterocycles. The molecule has 1 heterocycles. The topological polar surface area (TPSA) is 50.7 Å². The Hall–Kier alpha value is -3.35. The first-order chi connectivity index (χ1) is 16.5. The Morgan fingerprint density at radius 3 is 2.53 bits per heavy atom. The Labute approximate surface area is 210 Å². The van der Waals surface area contributed by atoms with E-state index in [1.54, 1.807) is 0 Å². The molecular weight excluding hydrogens is 508 g/mol. The monoisotopic (exact) mass is 528 g/mol. The number of halogens is 1. The van der Waals surface area contributed by atoms with Crippen LogP contribution in [-0.4, -0.2) is 11.1 Å². The number of thioether (sulfide) groups is 1. The number of carbonyl (C=O) groups excluding carboxylic acids is 1. The van der Waals surface area contributed by atoms with Crippen LogP contribution in [-0.2, 0) is 11.4 Å². The van der Waals surface area contributed by atoms with Crippen LogP contribution in [0.15, 0.2) is 99.3 Å². The highest BCUT2D eigenvalue weighted by molar-refractivity contribution is 9.10. The molecule has 0 bridgehead atoms. The third-order valence-corrected chi connectivity index (χ3v) is 6.87. The number of nitrogens with zero attached hydrogens (tertiary/aromatic N) is 1. The predicted molar refractivity (Wildman–Crippen MR) is 144 cm³/mol. The molecule has 0 unspecified atom stereocenters. The summed E-state index contributed by atoms with van der Waals surface area (Å²) in [5.41, 5.74) is 3.91. The number of benzene rings is 4. The third kappa shape index (κ3) is 5.08. The van der Waals surface area contributed by atoms with Crippen molar-refractivity contribution in [1.29, 1.82) is 0 Å². The van der Waals surface area contributed by atoms with E-state index in [1.165, 1.54) is 17.3 Å². The van der Waals surface area contributed by atoms with Crippen LogP contribution in [0.3, 0.4) is 0 Å². The molecule has 0 radical (unpaired) electrons. The van der Waals surface area contributed by atoms with Gasteiger partial charge in [0.2, 0.25) is 0 Å². The summed E-state index contributed by atoms with van der Waals surface area (Å²) in [4.78, 5) is 17.9. The second-order valence-electron chi connectivity index (χ2n) is 7.93. The normalized spacial score (nSPS) is 15.8. The first-order valence-electron chi connectivity index (χ1n) is 10.8. The van der Waals surface area contributed by atoms with Crippen LogP contribution in [0, 0.1) is 6.92 Å². The standard InChI is InChI=1S/C28H21BrN2O2S/c1-18-6-13-22(14-7-18)30-28-31-27(32)26(34-28)16-24-23-5-3-2-4-20(23)10-15-25(24)33-17-19-8-11-21(29)12-9-19/h2-16H,17H2,1H3,(H,30,31,32)/b26-16-. The van der Waals surface area contributed by atoms with Crippen LogP contribution >= 0.6 is 27.7 Å². The maximum absolute atomic E-state index is 12.8. The molecule has 1 amide bonds. The van der Waals surface area contributed by atoms with E-state index in [2.05, 4.69) is 32.3 Å². The van der Waals surface area contributed by atoms with Gasteiger partial charge >= 0.3 is 0 Å². The van der Waals surface area contributed by atoms with Crippen molar-refractivity contribution in [3.05, 3.63) is 111 Å². The highest BCUT2D eigenvalue weighted by Gasteiger charge is 2.25. The zero-order valence-corrected chi connectivity index (χ0v) is 20.8. The van der Waals surface area contributed by atoms with Crippen molar-refractivity contribution in [2.75, 3.05) is 0 Å². The third-order valence-electron chi connectivity index (χ3n) is 5.43. The minimum atomic E-state index is -0.164. The fraction of sp³-hybridized carbons (Fsp3) is 0.0714. The Morgan fingerprint density at radius 2 is 1.74 bits per heavy atom. The number of carbonyl (C=O) groups is 1. The molecule has 168 valence electrons. The number of amidine groups is 1. The summed E-state index contributed by atoms with van der Waals surface area (Å²) in [6, 6.07) is 28.0. The van der Waals surface area contributed by atoms with Gasteiger partial charge in [0.05, 0.1) is 10.6 Å². The van der Waals surface area contributed by atoms with Crippen LogP contribution in [0.25, 0.3) is 16.8 Å². The molecule has 0 spiro atoms. The fourth-order valence-electron chi connectivity index (χ4n) is 3.64. The van der Waals surface area contributed by atoms with E-state index in [1.807, 2.05) is 91.9 Å². The van der Waals surface area contributed by atoms with Gasteiger partial charge in [-0.3, -0.25) is 4.79 Å². The second-order valence-corrected chi connectivity index (χ2v) is 9.88. The molecule has 5 rings (SSSR count). The summed E-state index contributed by atoms with van der Waals surface area (Å²) in [6.45, 7) is 2.46. The van der Waals surface area contributed by atoms with Crippen molar-refractivity contribution in [2.45, 2.75) is 13.5 Å². The summed E-state index contributed by atoms with van der Waals surface area (Å²) in [6.07, 6.45) is 1.90. The lowest BCUT2D eigenvalue weighted by molar-refractivity contribution is -0.115. The van der Waals surface area contributed by atoms with Gasteiger partial charge in [0.1, 0.15) is 12.4 Å². The number of aliphatic imine (C=N–C) groups is 1. The number of hydrogen-bond acceptors (Lipinski definition) is 4. The zero-order chi connectivity index (χ0) is 23.5. The van der Waals surface area contributed by atoms with Gasteiger partial charge in [-0.05, 0) is 71.4 Å². The Bertz CT molecular complexity index is 1430. The smallest absolute Gasteiger partial charge is 0.264 e.